The van der Waals surface area contributed by atoms with Gasteiger partial charge in [0.1, 0.15) is 0 Å². The predicted molar refractivity (Wildman–Crippen MR) is 63.2 cm³/mol. The van der Waals surface area contributed by atoms with E-state index >= 15 is 0 Å². The van der Waals surface area contributed by atoms with E-state index in [0.717, 1.165) is 24.0 Å². The third-order valence-electron chi connectivity index (χ3n) is 3.35. The second kappa shape index (κ2) is 3.48. The fraction of sp³-hybridized carbons (Fsp3) is 0.214. The molecule has 0 fully saturated rings. The number of hydrogen-bond acceptors (Lipinski definition) is 3. The highest BCUT2D eigenvalue weighted by Crippen LogP contribution is 2.40. The van der Waals surface area contributed by atoms with Gasteiger partial charge in [0.05, 0.1) is 5.56 Å². The van der Waals surface area contributed by atoms with E-state index in [0.29, 0.717) is 12.0 Å². The number of Topliss-reactive ketones (excluding diaryl/α,β-unsaturated/α-hetero) is 1. The number of ketones is 1. The predicted octanol–water partition coefficient (Wildman–Crippen LogP) is 2.48. The lowest BCUT2D eigenvalue weighted by Gasteiger charge is -2.23. The van der Waals surface area contributed by atoms with Crippen molar-refractivity contribution in [2.45, 2.75) is 19.3 Å². The van der Waals surface area contributed by atoms with Crippen molar-refractivity contribution in [1.29, 1.82) is 0 Å². The van der Waals surface area contributed by atoms with Gasteiger partial charge in [-0.2, -0.15) is 0 Å². The summed E-state index contributed by atoms with van der Waals surface area (Å²) in [5.41, 5.74) is 2.77. The van der Waals surface area contributed by atoms with Crippen molar-refractivity contribution < 1.29 is 15.0 Å². The van der Waals surface area contributed by atoms with E-state index in [1.54, 1.807) is 6.07 Å². The van der Waals surface area contributed by atoms with Gasteiger partial charge in [-0.3, -0.25) is 4.79 Å². The van der Waals surface area contributed by atoms with Crippen LogP contribution in [0.25, 0.3) is 0 Å². The highest BCUT2D eigenvalue weighted by molar-refractivity contribution is 6.16. The Hall–Kier alpha value is -2.03. The van der Waals surface area contributed by atoms with E-state index in [4.69, 9.17) is 0 Å². The molecule has 0 saturated heterocycles. The fourth-order valence-electron chi connectivity index (χ4n) is 2.49. The van der Waals surface area contributed by atoms with Gasteiger partial charge in [-0.25, -0.2) is 0 Å². The number of hydrogen-bond donors (Lipinski definition) is 2. The van der Waals surface area contributed by atoms with Crippen LogP contribution in [0.4, 0.5) is 0 Å². The maximum atomic E-state index is 12.2. The minimum Gasteiger partial charge on any atom is -0.504 e. The molecular formula is C14H12O3. The first-order valence-corrected chi connectivity index (χ1v) is 5.66. The molecule has 2 N–H and O–H groups in total. The summed E-state index contributed by atoms with van der Waals surface area (Å²) < 4.78 is 0. The van der Waals surface area contributed by atoms with Gasteiger partial charge in [-0.05, 0) is 36.5 Å². The van der Waals surface area contributed by atoms with Crippen molar-refractivity contribution in [3.8, 4) is 11.5 Å². The first-order chi connectivity index (χ1) is 8.18. The van der Waals surface area contributed by atoms with Crippen molar-refractivity contribution in [3.05, 3.63) is 46.6 Å². The summed E-state index contributed by atoms with van der Waals surface area (Å²) in [4.78, 5) is 12.2. The molecule has 0 unspecified atom stereocenters. The van der Waals surface area contributed by atoms with Crippen LogP contribution >= 0.6 is 0 Å². The number of fused-ring (bicyclic) bond motifs is 2. The number of carbonyl (C=O) groups excluding carboxylic acids is 1. The lowest BCUT2D eigenvalue weighted by molar-refractivity contribution is 0.102. The lowest BCUT2D eigenvalue weighted by atomic mass is 9.80. The van der Waals surface area contributed by atoms with Crippen molar-refractivity contribution >= 4 is 5.78 Å². The SMILES string of the molecule is O=C1C2=CCCC=C2Cc2ccc(O)c(O)c21. The molecule has 86 valence electrons. The van der Waals surface area contributed by atoms with E-state index in [-0.39, 0.29) is 22.8 Å². The summed E-state index contributed by atoms with van der Waals surface area (Å²) in [6.45, 7) is 0. The second-order valence-electron chi connectivity index (χ2n) is 4.40. The van der Waals surface area contributed by atoms with Crippen LogP contribution in [0.2, 0.25) is 0 Å². The van der Waals surface area contributed by atoms with Crippen LogP contribution < -0.4 is 0 Å². The van der Waals surface area contributed by atoms with Crippen LogP contribution in [0.3, 0.4) is 0 Å². The molecule has 3 nitrogen and oxygen atoms in total. The molecule has 0 aliphatic heterocycles. The maximum absolute atomic E-state index is 12.2. The molecule has 0 amide bonds. The number of benzene rings is 1. The minimum absolute atomic E-state index is 0.175. The average Bonchev–Trinajstić information content (AvgIpc) is 2.34. The topological polar surface area (TPSA) is 57.5 Å². The summed E-state index contributed by atoms with van der Waals surface area (Å²) in [6, 6.07) is 3.13. The Bertz CT molecular complexity index is 579. The van der Waals surface area contributed by atoms with Crippen molar-refractivity contribution in [2.75, 3.05) is 0 Å². The van der Waals surface area contributed by atoms with E-state index in [1.807, 2.05) is 6.08 Å². The van der Waals surface area contributed by atoms with Gasteiger partial charge in [-0.1, -0.05) is 18.2 Å². The molecule has 17 heavy (non-hydrogen) atoms. The first kappa shape index (κ1) is 10.1. The molecule has 2 aliphatic rings. The number of allylic oxidation sites excluding steroid dienone is 4. The molecule has 0 bridgehead atoms. The third kappa shape index (κ3) is 1.39. The molecule has 0 saturated carbocycles. The highest BCUT2D eigenvalue weighted by atomic mass is 16.3. The van der Waals surface area contributed by atoms with Gasteiger partial charge in [0.25, 0.3) is 0 Å². The van der Waals surface area contributed by atoms with Crippen LogP contribution in [-0.4, -0.2) is 16.0 Å². The summed E-state index contributed by atoms with van der Waals surface area (Å²) >= 11 is 0. The zero-order chi connectivity index (χ0) is 12.0. The number of phenols is 2. The van der Waals surface area contributed by atoms with Crippen molar-refractivity contribution in [1.82, 2.24) is 0 Å². The summed E-state index contributed by atoms with van der Waals surface area (Å²) in [7, 11) is 0. The average molecular weight is 228 g/mol. The van der Waals surface area contributed by atoms with Gasteiger partial charge in [0, 0.05) is 5.57 Å². The molecule has 3 heteroatoms. The van der Waals surface area contributed by atoms with Crippen molar-refractivity contribution in [3.63, 3.8) is 0 Å². The van der Waals surface area contributed by atoms with Crippen molar-refractivity contribution in [2.24, 2.45) is 0 Å². The molecule has 0 aromatic heterocycles. The fourth-order valence-corrected chi connectivity index (χ4v) is 2.49. The largest absolute Gasteiger partial charge is 0.504 e. The van der Waals surface area contributed by atoms with Crippen LogP contribution in [0.15, 0.2) is 35.4 Å². The zero-order valence-corrected chi connectivity index (χ0v) is 9.23. The number of aromatic hydroxyl groups is 2. The van der Waals surface area contributed by atoms with Gasteiger partial charge >= 0.3 is 0 Å². The summed E-state index contributed by atoms with van der Waals surface area (Å²) in [5, 5.41) is 19.2. The van der Waals surface area contributed by atoms with Gasteiger partial charge in [-0.15, -0.1) is 0 Å². The van der Waals surface area contributed by atoms with E-state index in [2.05, 4.69) is 6.08 Å². The molecule has 1 aromatic carbocycles. The minimum atomic E-state index is -0.293. The molecular weight excluding hydrogens is 216 g/mol. The van der Waals surface area contributed by atoms with Gasteiger partial charge in [0.2, 0.25) is 0 Å². The summed E-state index contributed by atoms with van der Waals surface area (Å²) in [5.74, 6) is -0.704. The number of rotatable bonds is 0. The molecule has 2 aliphatic carbocycles. The van der Waals surface area contributed by atoms with Crippen LogP contribution in [0.5, 0.6) is 11.5 Å². The normalized spacial score (nSPS) is 18.0. The van der Waals surface area contributed by atoms with Crippen LogP contribution in [0, 0.1) is 0 Å². The Morgan fingerprint density at radius 3 is 2.65 bits per heavy atom. The monoisotopic (exact) mass is 228 g/mol. The standard InChI is InChI=1S/C14H12O3/c15-11-6-5-9-7-8-3-1-2-4-10(8)13(16)12(9)14(11)17/h3-6,15,17H,1-2,7H2. The van der Waals surface area contributed by atoms with Gasteiger partial charge in [0.15, 0.2) is 17.3 Å². The molecule has 0 heterocycles. The second-order valence-corrected chi connectivity index (χ2v) is 4.40. The Kier molecular flexibility index (Phi) is 2.08. The molecule has 0 atom stereocenters. The maximum Gasteiger partial charge on any atom is 0.197 e. The summed E-state index contributed by atoms with van der Waals surface area (Å²) in [6.07, 6.45) is 6.48. The van der Waals surface area contributed by atoms with Gasteiger partial charge < -0.3 is 10.2 Å². The Morgan fingerprint density at radius 2 is 1.82 bits per heavy atom. The quantitative estimate of drug-likeness (QED) is 0.671. The highest BCUT2D eigenvalue weighted by Gasteiger charge is 2.30. The Balaban J connectivity index is 2.24. The van der Waals surface area contributed by atoms with E-state index in [9.17, 15) is 15.0 Å². The smallest absolute Gasteiger partial charge is 0.197 e. The Labute approximate surface area is 98.7 Å². The van der Waals surface area contributed by atoms with E-state index in [1.165, 1.54) is 6.07 Å². The Morgan fingerprint density at radius 1 is 1.06 bits per heavy atom. The molecule has 0 spiro atoms. The molecule has 1 aromatic rings. The zero-order valence-electron chi connectivity index (χ0n) is 9.23. The number of carbonyl (C=O) groups is 1. The van der Waals surface area contributed by atoms with Crippen LogP contribution in [-0.2, 0) is 6.42 Å². The van der Waals surface area contributed by atoms with E-state index < -0.39 is 0 Å². The number of phenolic OH excluding ortho intramolecular Hbond substituents is 2. The third-order valence-corrected chi connectivity index (χ3v) is 3.35. The first-order valence-electron chi connectivity index (χ1n) is 5.66. The molecule has 0 radical (unpaired) electrons. The molecule has 3 rings (SSSR count). The van der Waals surface area contributed by atoms with Crippen LogP contribution in [0.1, 0.15) is 28.8 Å². The lowest BCUT2D eigenvalue weighted by Crippen LogP contribution is -2.18.